The molecule has 0 radical (unpaired) electrons. The minimum atomic E-state index is -0.125. The number of hydrogen-bond acceptors (Lipinski definition) is 9. The van der Waals surface area contributed by atoms with Crippen LogP contribution in [-0.4, -0.2) is 61.1 Å². The van der Waals surface area contributed by atoms with Crippen molar-refractivity contribution in [2.75, 3.05) is 19.6 Å². The number of aromatic nitrogens is 6. The lowest BCUT2D eigenvalue weighted by molar-refractivity contribution is 0.0894. The van der Waals surface area contributed by atoms with Crippen molar-refractivity contribution in [1.29, 1.82) is 0 Å². The molecule has 0 aromatic carbocycles. The Labute approximate surface area is 141 Å². The van der Waals surface area contributed by atoms with Crippen LogP contribution in [0.3, 0.4) is 0 Å². The van der Waals surface area contributed by atoms with Crippen molar-refractivity contribution >= 4 is 17.1 Å². The van der Waals surface area contributed by atoms with Gasteiger partial charge in [0, 0.05) is 5.92 Å². The summed E-state index contributed by atoms with van der Waals surface area (Å²) < 4.78 is 5.43. The lowest BCUT2D eigenvalue weighted by Gasteiger charge is -2.29. The zero-order valence-corrected chi connectivity index (χ0v) is 13.6. The van der Waals surface area contributed by atoms with Crippen molar-refractivity contribution in [2.45, 2.75) is 18.8 Å². The van der Waals surface area contributed by atoms with Crippen molar-refractivity contribution < 1.29 is 9.32 Å². The van der Waals surface area contributed by atoms with Gasteiger partial charge < -0.3 is 4.52 Å². The summed E-state index contributed by atoms with van der Waals surface area (Å²) in [4.78, 5) is 19.6. The lowest BCUT2D eigenvalue weighted by Crippen LogP contribution is -2.37. The first kappa shape index (κ1) is 15.1. The molecule has 4 rings (SSSR count). The van der Waals surface area contributed by atoms with E-state index in [-0.39, 0.29) is 17.5 Å². The van der Waals surface area contributed by atoms with E-state index in [2.05, 4.69) is 35.7 Å². The Morgan fingerprint density at radius 2 is 2.29 bits per heavy atom. The molecule has 1 saturated heterocycles. The van der Waals surface area contributed by atoms with Crippen LogP contribution in [0.5, 0.6) is 0 Å². The lowest BCUT2D eigenvalue weighted by atomic mass is 9.96. The molecule has 0 saturated carbocycles. The molecule has 24 heavy (non-hydrogen) atoms. The highest BCUT2D eigenvalue weighted by atomic mass is 32.1. The van der Waals surface area contributed by atoms with E-state index in [0.717, 1.165) is 30.8 Å². The van der Waals surface area contributed by atoms with E-state index in [1.807, 2.05) is 17.5 Å². The Bertz CT molecular complexity index is 791. The number of carbonyl (C=O) groups excluding carboxylic acids is 1. The summed E-state index contributed by atoms with van der Waals surface area (Å²) in [7, 11) is 0. The van der Waals surface area contributed by atoms with E-state index < -0.39 is 0 Å². The predicted octanol–water partition coefficient (Wildman–Crippen LogP) is 1.37. The first-order valence-corrected chi connectivity index (χ1v) is 8.54. The van der Waals surface area contributed by atoms with E-state index in [1.165, 1.54) is 0 Å². The number of rotatable bonds is 5. The van der Waals surface area contributed by atoms with Gasteiger partial charge in [-0.25, -0.2) is 0 Å². The van der Waals surface area contributed by atoms with Gasteiger partial charge in [-0.05, 0) is 42.6 Å². The number of H-pyrrole nitrogens is 1. The molecule has 0 unspecified atom stereocenters. The maximum absolute atomic E-state index is 12.0. The van der Waals surface area contributed by atoms with Gasteiger partial charge in [0.15, 0.2) is 0 Å². The van der Waals surface area contributed by atoms with Crippen LogP contribution in [0, 0.1) is 0 Å². The molecule has 1 fully saturated rings. The molecule has 10 heteroatoms. The largest absolute Gasteiger partial charge is 0.339 e. The van der Waals surface area contributed by atoms with Gasteiger partial charge in [-0.1, -0.05) is 11.2 Å². The maximum atomic E-state index is 12.0. The molecule has 3 aromatic rings. The normalized spacial score (nSPS) is 16.5. The Hall–Kier alpha value is -2.46. The van der Waals surface area contributed by atoms with Crippen LogP contribution in [0.4, 0.5) is 0 Å². The summed E-state index contributed by atoms with van der Waals surface area (Å²) >= 11 is 1.59. The summed E-state index contributed by atoms with van der Waals surface area (Å²) in [6, 6.07) is 3.95. The van der Waals surface area contributed by atoms with E-state index in [1.54, 1.807) is 11.3 Å². The van der Waals surface area contributed by atoms with Gasteiger partial charge in [-0.2, -0.15) is 10.2 Å². The van der Waals surface area contributed by atoms with Gasteiger partial charge in [-0.15, -0.1) is 21.5 Å². The van der Waals surface area contributed by atoms with Crippen molar-refractivity contribution in [3.8, 4) is 10.7 Å². The number of hydrogen-bond donors (Lipinski definition) is 1. The molecule has 124 valence electrons. The Balaban J connectivity index is 1.34. The maximum Gasteiger partial charge on any atom is 0.241 e. The molecule has 1 aliphatic heterocycles. The summed E-state index contributed by atoms with van der Waals surface area (Å²) in [6.07, 6.45) is 1.76. The van der Waals surface area contributed by atoms with E-state index in [9.17, 15) is 4.79 Å². The third kappa shape index (κ3) is 3.10. The average molecular weight is 345 g/mol. The number of thiophene rings is 1. The molecule has 0 spiro atoms. The summed E-state index contributed by atoms with van der Waals surface area (Å²) in [6.45, 7) is 1.90. The molecule has 1 aliphatic rings. The molecule has 9 nitrogen and oxygen atoms in total. The van der Waals surface area contributed by atoms with Gasteiger partial charge in [0.1, 0.15) is 0 Å². The van der Waals surface area contributed by atoms with Crippen molar-refractivity contribution in [3.63, 3.8) is 0 Å². The van der Waals surface area contributed by atoms with Crippen LogP contribution in [0.15, 0.2) is 22.0 Å². The van der Waals surface area contributed by atoms with Gasteiger partial charge >= 0.3 is 0 Å². The van der Waals surface area contributed by atoms with Gasteiger partial charge in [0.25, 0.3) is 0 Å². The third-order valence-electron chi connectivity index (χ3n) is 4.08. The minimum absolute atomic E-state index is 0.125. The number of ketones is 1. The topological polar surface area (TPSA) is 114 Å². The number of tetrazole rings is 1. The van der Waals surface area contributed by atoms with Crippen LogP contribution < -0.4 is 0 Å². The highest BCUT2D eigenvalue weighted by Gasteiger charge is 2.27. The fraction of sp³-hybridized carbons (Fsp3) is 0.429. The Morgan fingerprint density at radius 3 is 3.00 bits per heavy atom. The number of likely N-dealkylation sites (tertiary alicyclic amines) is 1. The van der Waals surface area contributed by atoms with Crippen LogP contribution in [0.2, 0.25) is 0 Å². The molecule has 3 aromatic heterocycles. The Kier molecular flexibility index (Phi) is 4.13. The number of Topliss-reactive ketones (excluding diaryl/α,β-unsaturated/α-hetero) is 1. The molecule has 4 heterocycles. The fourth-order valence-corrected chi connectivity index (χ4v) is 3.45. The zero-order chi connectivity index (χ0) is 16.4. The number of nitrogens with one attached hydrogen (secondary N) is 1. The molecule has 1 N–H and O–H groups in total. The number of nitrogens with zero attached hydrogens (tertiary/aromatic N) is 6. The highest BCUT2D eigenvalue weighted by molar-refractivity contribution is 7.13. The molecule has 0 amide bonds. The minimum Gasteiger partial charge on any atom is -0.339 e. The van der Waals surface area contributed by atoms with Gasteiger partial charge in [0.2, 0.25) is 23.3 Å². The van der Waals surface area contributed by atoms with Crippen LogP contribution in [0.1, 0.15) is 35.3 Å². The molecule has 0 bridgehead atoms. The van der Waals surface area contributed by atoms with Crippen LogP contribution in [-0.2, 0) is 0 Å². The SMILES string of the molecule is O=C(CN1CCC(c2nc(-c3cccs3)no2)CC1)c1nn[nH]n1. The monoisotopic (exact) mass is 345 g/mol. The summed E-state index contributed by atoms with van der Waals surface area (Å²) in [5, 5.41) is 19.2. The Morgan fingerprint density at radius 1 is 1.42 bits per heavy atom. The second-order valence-electron chi connectivity index (χ2n) is 5.64. The zero-order valence-electron chi connectivity index (χ0n) is 12.8. The summed E-state index contributed by atoms with van der Waals surface area (Å²) in [5.41, 5.74) is 0. The molecular weight excluding hydrogens is 330 g/mol. The smallest absolute Gasteiger partial charge is 0.241 e. The fourth-order valence-electron chi connectivity index (χ4n) is 2.80. The standard InChI is InChI=1S/C14H15N7O2S/c22-10(12-16-19-20-17-12)8-21-5-3-9(4-6-21)14-15-13(18-23-14)11-2-1-7-24-11/h1-2,7,9H,3-6,8H2,(H,16,17,19,20). The molecule has 0 atom stereocenters. The quantitative estimate of drug-likeness (QED) is 0.690. The van der Waals surface area contributed by atoms with Crippen molar-refractivity contribution in [1.82, 2.24) is 35.7 Å². The van der Waals surface area contributed by atoms with Crippen molar-refractivity contribution in [2.24, 2.45) is 0 Å². The number of piperidine rings is 1. The first-order chi connectivity index (χ1) is 11.8. The average Bonchev–Trinajstić information content (AvgIpc) is 3.35. The highest BCUT2D eigenvalue weighted by Crippen LogP contribution is 2.29. The number of carbonyl (C=O) groups is 1. The van der Waals surface area contributed by atoms with Gasteiger partial charge in [0.05, 0.1) is 11.4 Å². The van der Waals surface area contributed by atoms with Crippen molar-refractivity contribution in [3.05, 3.63) is 29.2 Å². The van der Waals surface area contributed by atoms with Crippen LogP contribution >= 0.6 is 11.3 Å². The molecule has 0 aliphatic carbocycles. The van der Waals surface area contributed by atoms with E-state index in [4.69, 9.17) is 4.52 Å². The third-order valence-corrected chi connectivity index (χ3v) is 4.95. The second-order valence-corrected chi connectivity index (χ2v) is 6.59. The van der Waals surface area contributed by atoms with E-state index >= 15 is 0 Å². The van der Waals surface area contributed by atoms with Gasteiger partial charge in [-0.3, -0.25) is 9.69 Å². The summed E-state index contributed by atoms with van der Waals surface area (Å²) in [5.74, 6) is 1.58. The first-order valence-electron chi connectivity index (χ1n) is 7.66. The second kappa shape index (κ2) is 6.57. The van der Waals surface area contributed by atoms with Crippen LogP contribution in [0.25, 0.3) is 10.7 Å². The van der Waals surface area contributed by atoms with E-state index in [0.29, 0.717) is 18.3 Å². The molecular formula is C14H15N7O2S. The number of aromatic amines is 1. The predicted molar refractivity (Wildman–Crippen MR) is 84.5 cm³/mol.